The van der Waals surface area contributed by atoms with Crippen LogP contribution in [0, 0.1) is 11.6 Å². The van der Waals surface area contributed by atoms with Crippen molar-refractivity contribution < 1.29 is 13.5 Å². The normalized spacial score (nSPS) is 16.8. The van der Waals surface area contributed by atoms with Crippen LogP contribution in [-0.2, 0) is 6.42 Å². The van der Waals surface area contributed by atoms with Crippen molar-refractivity contribution in [3.8, 4) is 5.75 Å². The van der Waals surface area contributed by atoms with E-state index in [4.69, 9.17) is 10.5 Å². The lowest BCUT2D eigenvalue weighted by Crippen LogP contribution is -2.15. The molecule has 5 heteroatoms. The Balaban J connectivity index is 1.63. The summed E-state index contributed by atoms with van der Waals surface area (Å²) in [6, 6.07) is 9.00. The van der Waals surface area contributed by atoms with E-state index in [0.717, 1.165) is 16.2 Å². The number of hydrogen-bond donors (Lipinski definition) is 1. The summed E-state index contributed by atoms with van der Waals surface area (Å²) in [5.74, 6) is 0.804. The summed E-state index contributed by atoms with van der Waals surface area (Å²) < 4.78 is 32.1. The van der Waals surface area contributed by atoms with Crippen molar-refractivity contribution in [3.05, 3.63) is 53.6 Å². The topological polar surface area (TPSA) is 35.2 Å². The van der Waals surface area contributed by atoms with Crippen molar-refractivity contribution in [1.29, 1.82) is 0 Å². The fourth-order valence-electron chi connectivity index (χ4n) is 2.24. The first-order valence-electron chi connectivity index (χ1n) is 6.24. The van der Waals surface area contributed by atoms with Gasteiger partial charge in [0.2, 0.25) is 0 Å². The summed E-state index contributed by atoms with van der Waals surface area (Å²) >= 11 is 1.48. The minimum absolute atomic E-state index is 0.0266. The Morgan fingerprint density at radius 1 is 1.15 bits per heavy atom. The number of halogens is 2. The predicted molar refractivity (Wildman–Crippen MR) is 76.1 cm³/mol. The van der Waals surface area contributed by atoms with Crippen LogP contribution in [0.4, 0.5) is 14.5 Å². The molecular formula is C15H13F2NOS. The number of ether oxygens (including phenoxy) is 1. The van der Waals surface area contributed by atoms with Crippen molar-refractivity contribution in [2.45, 2.75) is 17.4 Å². The molecule has 1 heterocycles. The number of nitrogens with two attached hydrogens (primary N) is 1. The standard InChI is InChI=1S/C15H13F2NOS/c16-10-1-2-15-9(3-10)4-13(19-15)8-20-14-6-11(17)5-12(18)7-14/h1-3,5-7,13H,4,8,18H2. The fraction of sp³-hybridized carbons (Fsp3) is 0.200. The lowest BCUT2D eigenvalue weighted by molar-refractivity contribution is 0.259. The van der Waals surface area contributed by atoms with Crippen LogP contribution in [0.2, 0.25) is 0 Å². The van der Waals surface area contributed by atoms with E-state index in [-0.39, 0.29) is 17.7 Å². The highest BCUT2D eigenvalue weighted by molar-refractivity contribution is 7.99. The highest BCUT2D eigenvalue weighted by Crippen LogP contribution is 2.32. The second kappa shape index (κ2) is 5.32. The zero-order valence-electron chi connectivity index (χ0n) is 10.6. The van der Waals surface area contributed by atoms with Gasteiger partial charge in [-0.15, -0.1) is 11.8 Å². The van der Waals surface area contributed by atoms with Gasteiger partial charge in [-0.3, -0.25) is 0 Å². The Kier molecular flexibility index (Phi) is 3.53. The largest absolute Gasteiger partial charge is 0.489 e. The van der Waals surface area contributed by atoms with Crippen molar-refractivity contribution in [3.63, 3.8) is 0 Å². The second-order valence-electron chi connectivity index (χ2n) is 4.73. The number of rotatable bonds is 3. The van der Waals surface area contributed by atoms with Gasteiger partial charge in [0, 0.05) is 28.3 Å². The van der Waals surface area contributed by atoms with Crippen molar-refractivity contribution in [1.82, 2.24) is 0 Å². The molecule has 2 aromatic carbocycles. The number of fused-ring (bicyclic) bond motifs is 1. The number of hydrogen-bond acceptors (Lipinski definition) is 3. The van der Waals surface area contributed by atoms with Crippen LogP contribution in [-0.4, -0.2) is 11.9 Å². The number of anilines is 1. The highest BCUT2D eigenvalue weighted by Gasteiger charge is 2.23. The first-order chi connectivity index (χ1) is 9.60. The molecule has 0 saturated heterocycles. The van der Waals surface area contributed by atoms with E-state index in [9.17, 15) is 8.78 Å². The van der Waals surface area contributed by atoms with Gasteiger partial charge in [-0.05, 0) is 36.4 Å². The van der Waals surface area contributed by atoms with E-state index in [2.05, 4.69) is 0 Å². The second-order valence-corrected chi connectivity index (χ2v) is 5.82. The summed E-state index contributed by atoms with van der Waals surface area (Å²) in [7, 11) is 0. The average Bonchev–Trinajstić information content (AvgIpc) is 2.77. The van der Waals surface area contributed by atoms with Crippen molar-refractivity contribution in [2.75, 3.05) is 11.5 Å². The molecule has 1 aliphatic heterocycles. The zero-order valence-corrected chi connectivity index (χ0v) is 11.4. The Labute approximate surface area is 119 Å². The van der Waals surface area contributed by atoms with Crippen LogP contribution in [0.3, 0.4) is 0 Å². The third kappa shape index (κ3) is 2.88. The molecule has 0 fully saturated rings. The maximum absolute atomic E-state index is 13.2. The van der Waals surface area contributed by atoms with Gasteiger partial charge in [0.1, 0.15) is 23.5 Å². The molecule has 2 N–H and O–H groups in total. The lowest BCUT2D eigenvalue weighted by atomic mass is 10.1. The summed E-state index contributed by atoms with van der Waals surface area (Å²) in [5, 5.41) is 0. The quantitative estimate of drug-likeness (QED) is 0.693. The van der Waals surface area contributed by atoms with Crippen molar-refractivity contribution in [2.24, 2.45) is 0 Å². The third-order valence-corrected chi connectivity index (χ3v) is 4.20. The highest BCUT2D eigenvalue weighted by atomic mass is 32.2. The van der Waals surface area contributed by atoms with Gasteiger partial charge in [0.15, 0.2) is 0 Å². The molecule has 3 rings (SSSR count). The number of benzene rings is 2. The minimum atomic E-state index is -0.342. The molecule has 2 nitrogen and oxygen atoms in total. The molecule has 1 aliphatic rings. The molecule has 1 unspecified atom stereocenters. The molecule has 0 bridgehead atoms. The number of nitrogen functional groups attached to an aromatic ring is 1. The van der Waals surface area contributed by atoms with Gasteiger partial charge < -0.3 is 10.5 Å². The molecule has 0 aliphatic carbocycles. The SMILES string of the molecule is Nc1cc(F)cc(SCC2Cc3cc(F)ccc3O2)c1. The van der Waals surface area contributed by atoms with Crippen LogP contribution >= 0.6 is 11.8 Å². The van der Waals surface area contributed by atoms with E-state index < -0.39 is 0 Å². The fourth-order valence-corrected chi connectivity index (χ4v) is 3.22. The zero-order chi connectivity index (χ0) is 14.1. The maximum atomic E-state index is 13.2. The average molecular weight is 293 g/mol. The monoisotopic (exact) mass is 293 g/mol. The Morgan fingerprint density at radius 2 is 2.00 bits per heavy atom. The molecule has 0 spiro atoms. The first kappa shape index (κ1) is 13.2. The Morgan fingerprint density at radius 3 is 2.80 bits per heavy atom. The van der Waals surface area contributed by atoms with Gasteiger partial charge in [0.25, 0.3) is 0 Å². The van der Waals surface area contributed by atoms with Gasteiger partial charge in [-0.25, -0.2) is 8.78 Å². The van der Waals surface area contributed by atoms with Crippen molar-refractivity contribution >= 4 is 17.4 Å². The molecule has 0 aromatic heterocycles. The molecular weight excluding hydrogens is 280 g/mol. The number of thioether (sulfide) groups is 1. The van der Waals surface area contributed by atoms with E-state index in [0.29, 0.717) is 17.9 Å². The smallest absolute Gasteiger partial charge is 0.126 e. The summed E-state index contributed by atoms with van der Waals surface area (Å²) in [6.07, 6.45) is 0.645. The van der Waals surface area contributed by atoms with Gasteiger partial charge >= 0.3 is 0 Å². The summed E-state index contributed by atoms with van der Waals surface area (Å²) in [5.41, 5.74) is 6.89. The van der Waals surface area contributed by atoms with Gasteiger partial charge in [0.05, 0.1) is 0 Å². The summed E-state index contributed by atoms with van der Waals surface area (Å²) in [6.45, 7) is 0. The van der Waals surface area contributed by atoms with Gasteiger partial charge in [-0.1, -0.05) is 0 Å². The molecule has 0 saturated carbocycles. The van der Waals surface area contributed by atoms with E-state index >= 15 is 0 Å². The summed E-state index contributed by atoms with van der Waals surface area (Å²) in [4.78, 5) is 0.772. The van der Waals surface area contributed by atoms with Crippen LogP contribution < -0.4 is 10.5 Å². The van der Waals surface area contributed by atoms with Crippen LogP contribution in [0.15, 0.2) is 41.3 Å². The molecule has 20 heavy (non-hydrogen) atoms. The molecule has 1 atom stereocenters. The van der Waals surface area contributed by atoms with Crippen LogP contribution in [0.25, 0.3) is 0 Å². The van der Waals surface area contributed by atoms with E-state index in [1.165, 1.54) is 36.0 Å². The predicted octanol–water partition coefficient (Wildman–Crippen LogP) is 3.64. The minimum Gasteiger partial charge on any atom is -0.489 e. The molecule has 104 valence electrons. The molecule has 2 aromatic rings. The molecule has 0 amide bonds. The maximum Gasteiger partial charge on any atom is 0.126 e. The molecule has 0 radical (unpaired) electrons. The first-order valence-corrected chi connectivity index (χ1v) is 7.22. The Hall–Kier alpha value is -1.75. The van der Waals surface area contributed by atoms with E-state index in [1.54, 1.807) is 12.1 Å². The van der Waals surface area contributed by atoms with Crippen LogP contribution in [0.5, 0.6) is 5.75 Å². The Bertz CT molecular complexity index is 628. The van der Waals surface area contributed by atoms with Gasteiger partial charge in [-0.2, -0.15) is 0 Å². The lowest BCUT2D eigenvalue weighted by Gasteiger charge is -2.10. The van der Waals surface area contributed by atoms with Crippen LogP contribution in [0.1, 0.15) is 5.56 Å². The van der Waals surface area contributed by atoms with E-state index in [1.807, 2.05) is 0 Å². The third-order valence-electron chi connectivity index (χ3n) is 3.09.